The summed E-state index contributed by atoms with van der Waals surface area (Å²) in [5.74, 6) is -1.19. The molecule has 1 atom stereocenters. The largest absolute Gasteiger partial charge is 0.416 e. The van der Waals surface area contributed by atoms with E-state index in [0.29, 0.717) is 5.02 Å². The molecule has 3 rings (SSSR count). The SMILES string of the molecule is N#CC(NC(=O)c1cn(CCNC(=O)c2cc(Cl)ccc2Cl)nn1)c1ccc(C(F)(F)F)cc1. The zero-order valence-corrected chi connectivity index (χ0v) is 18.6. The van der Waals surface area contributed by atoms with Crippen LogP contribution in [0.15, 0.2) is 48.7 Å². The van der Waals surface area contributed by atoms with Gasteiger partial charge in [0.2, 0.25) is 0 Å². The van der Waals surface area contributed by atoms with E-state index < -0.39 is 29.6 Å². The Bertz CT molecular complexity index is 1240. The number of nitriles is 1. The fourth-order valence-corrected chi connectivity index (χ4v) is 3.20. The van der Waals surface area contributed by atoms with Crippen molar-refractivity contribution in [2.24, 2.45) is 0 Å². The molecule has 1 unspecified atom stereocenters. The molecule has 34 heavy (non-hydrogen) atoms. The third-order valence-corrected chi connectivity index (χ3v) is 5.11. The molecule has 0 aliphatic rings. The molecule has 176 valence electrons. The highest BCUT2D eigenvalue weighted by Crippen LogP contribution is 2.30. The van der Waals surface area contributed by atoms with E-state index in [0.717, 1.165) is 24.3 Å². The van der Waals surface area contributed by atoms with Gasteiger partial charge < -0.3 is 10.6 Å². The van der Waals surface area contributed by atoms with Crippen LogP contribution in [0.25, 0.3) is 0 Å². The van der Waals surface area contributed by atoms with Crippen molar-refractivity contribution in [3.05, 3.63) is 81.1 Å². The molecular formula is C21H15Cl2F3N6O2. The van der Waals surface area contributed by atoms with Crippen molar-refractivity contribution in [1.82, 2.24) is 25.6 Å². The van der Waals surface area contributed by atoms with Crippen LogP contribution >= 0.6 is 23.2 Å². The van der Waals surface area contributed by atoms with Gasteiger partial charge in [-0.1, -0.05) is 40.5 Å². The van der Waals surface area contributed by atoms with E-state index in [4.69, 9.17) is 23.2 Å². The van der Waals surface area contributed by atoms with Crippen molar-refractivity contribution in [2.45, 2.75) is 18.8 Å². The van der Waals surface area contributed by atoms with Gasteiger partial charge in [0.15, 0.2) is 5.69 Å². The molecule has 2 amide bonds. The van der Waals surface area contributed by atoms with Crippen LogP contribution in [-0.2, 0) is 12.7 Å². The van der Waals surface area contributed by atoms with Gasteiger partial charge in [-0.2, -0.15) is 18.4 Å². The number of carbonyl (C=O) groups is 2. The van der Waals surface area contributed by atoms with Gasteiger partial charge >= 0.3 is 6.18 Å². The first kappa shape index (κ1) is 25.0. The first-order chi connectivity index (χ1) is 16.1. The van der Waals surface area contributed by atoms with Gasteiger partial charge in [0.1, 0.15) is 6.04 Å². The van der Waals surface area contributed by atoms with Crippen molar-refractivity contribution in [2.75, 3.05) is 6.54 Å². The Labute approximate surface area is 201 Å². The Hall–Kier alpha value is -3.62. The summed E-state index contributed by atoms with van der Waals surface area (Å²) >= 11 is 11.9. The second kappa shape index (κ2) is 10.5. The Morgan fingerprint density at radius 2 is 1.82 bits per heavy atom. The Kier molecular flexibility index (Phi) is 7.75. The molecule has 0 aliphatic heterocycles. The van der Waals surface area contributed by atoms with Gasteiger partial charge in [0.25, 0.3) is 11.8 Å². The molecule has 2 aromatic carbocycles. The molecule has 13 heteroatoms. The smallest absolute Gasteiger partial charge is 0.350 e. The lowest BCUT2D eigenvalue weighted by atomic mass is 10.1. The maximum Gasteiger partial charge on any atom is 0.416 e. The van der Waals surface area contributed by atoms with Crippen LogP contribution in [0.5, 0.6) is 0 Å². The lowest BCUT2D eigenvalue weighted by Gasteiger charge is -2.12. The van der Waals surface area contributed by atoms with Gasteiger partial charge in [-0.3, -0.25) is 9.59 Å². The minimum atomic E-state index is -4.51. The third-order valence-electron chi connectivity index (χ3n) is 4.55. The number of hydrogen-bond donors (Lipinski definition) is 2. The number of rotatable bonds is 7. The molecule has 0 radical (unpaired) electrons. The van der Waals surface area contributed by atoms with Gasteiger partial charge in [0, 0.05) is 11.6 Å². The lowest BCUT2D eigenvalue weighted by Crippen LogP contribution is -2.28. The number of amides is 2. The summed E-state index contributed by atoms with van der Waals surface area (Å²) in [4.78, 5) is 24.6. The van der Waals surface area contributed by atoms with Crippen LogP contribution in [-0.4, -0.2) is 33.4 Å². The van der Waals surface area contributed by atoms with Crippen molar-refractivity contribution < 1.29 is 22.8 Å². The second-order valence-electron chi connectivity index (χ2n) is 6.90. The first-order valence-corrected chi connectivity index (χ1v) is 10.3. The van der Waals surface area contributed by atoms with Crippen LogP contribution in [0.2, 0.25) is 10.0 Å². The van der Waals surface area contributed by atoms with E-state index in [9.17, 15) is 28.0 Å². The van der Waals surface area contributed by atoms with E-state index in [-0.39, 0.29) is 34.9 Å². The van der Waals surface area contributed by atoms with Crippen molar-refractivity contribution in [3.8, 4) is 6.07 Å². The lowest BCUT2D eigenvalue weighted by molar-refractivity contribution is -0.137. The highest BCUT2D eigenvalue weighted by atomic mass is 35.5. The number of alkyl halides is 3. The fraction of sp³-hybridized carbons (Fsp3) is 0.190. The molecule has 0 bridgehead atoms. The van der Waals surface area contributed by atoms with Crippen molar-refractivity contribution >= 4 is 35.0 Å². The molecule has 0 saturated heterocycles. The molecule has 1 heterocycles. The van der Waals surface area contributed by atoms with Gasteiger partial charge in [-0.05, 0) is 35.9 Å². The monoisotopic (exact) mass is 510 g/mol. The molecule has 8 nitrogen and oxygen atoms in total. The maximum absolute atomic E-state index is 12.7. The van der Waals surface area contributed by atoms with E-state index in [2.05, 4.69) is 20.9 Å². The topological polar surface area (TPSA) is 113 Å². The number of hydrogen-bond acceptors (Lipinski definition) is 5. The van der Waals surface area contributed by atoms with E-state index in [1.165, 1.54) is 23.0 Å². The van der Waals surface area contributed by atoms with Crippen LogP contribution < -0.4 is 10.6 Å². The summed E-state index contributed by atoms with van der Waals surface area (Å²) in [5.41, 5.74) is -0.597. The molecule has 3 aromatic rings. The number of carbonyl (C=O) groups excluding carboxylic acids is 2. The minimum absolute atomic E-state index is 0.114. The number of nitrogens with zero attached hydrogens (tertiary/aromatic N) is 4. The normalized spacial score (nSPS) is 12.0. The second-order valence-corrected chi connectivity index (χ2v) is 7.75. The van der Waals surface area contributed by atoms with Crippen LogP contribution in [0.4, 0.5) is 13.2 Å². The predicted octanol–water partition coefficient (Wildman–Crippen LogP) is 4.03. The Balaban J connectivity index is 1.56. The molecule has 0 saturated carbocycles. The fourth-order valence-electron chi connectivity index (χ4n) is 2.82. The zero-order valence-electron chi connectivity index (χ0n) is 17.1. The summed E-state index contributed by atoms with van der Waals surface area (Å²) in [5, 5.41) is 22.4. The summed E-state index contributed by atoms with van der Waals surface area (Å²) in [6.07, 6.45) is -3.21. The zero-order chi connectivity index (χ0) is 24.9. The molecule has 1 aromatic heterocycles. The summed E-state index contributed by atoms with van der Waals surface area (Å²) < 4.78 is 39.4. The highest BCUT2D eigenvalue weighted by Gasteiger charge is 2.30. The summed E-state index contributed by atoms with van der Waals surface area (Å²) in [6.45, 7) is 0.309. The van der Waals surface area contributed by atoms with Crippen LogP contribution in [0.1, 0.15) is 38.0 Å². The van der Waals surface area contributed by atoms with Gasteiger partial charge in [0.05, 0.1) is 35.0 Å². The summed E-state index contributed by atoms with van der Waals surface area (Å²) in [6, 6.07) is 8.99. The highest BCUT2D eigenvalue weighted by molar-refractivity contribution is 6.35. The van der Waals surface area contributed by atoms with Crippen LogP contribution in [0, 0.1) is 11.3 Å². The van der Waals surface area contributed by atoms with E-state index in [1.807, 2.05) is 6.07 Å². The number of halogens is 5. The van der Waals surface area contributed by atoms with Gasteiger partial charge in [-0.15, -0.1) is 5.10 Å². The van der Waals surface area contributed by atoms with E-state index in [1.54, 1.807) is 6.07 Å². The van der Waals surface area contributed by atoms with Crippen molar-refractivity contribution in [1.29, 1.82) is 5.26 Å². The quantitative estimate of drug-likeness (QED) is 0.498. The van der Waals surface area contributed by atoms with E-state index >= 15 is 0 Å². The standard InChI is InChI=1S/C21H15Cl2F3N6O2/c22-14-5-6-16(23)15(9-14)19(33)28-7-8-32-11-18(30-31-32)20(34)29-17(10-27)12-1-3-13(4-2-12)21(24,25)26/h1-6,9,11,17H,7-8H2,(H,28,33)(H,29,34). The van der Waals surface area contributed by atoms with Crippen LogP contribution in [0.3, 0.4) is 0 Å². The predicted molar refractivity (Wildman–Crippen MR) is 116 cm³/mol. The van der Waals surface area contributed by atoms with Gasteiger partial charge in [-0.25, -0.2) is 4.68 Å². The first-order valence-electron chi connectivity index (χ1n) is 9.59. The average Bonchev–Trinajstić information content (AvgIpc) is 3.27. The maximum atomic E-state index is 12.7. The number of benzene rings is 2. The molecule has 0 fully saturated rings. The Morgan fingerprint density at radius 3 is 2.47 bits per heavy atom. The molecule has 0 aliphatic carbocycles. The number of aromatic nitrogens is 3. The number of nitrogens with one attached hydrogen (secondary N) is 2. The average molecular weight is 511 g/mol. The molecular weight excluding hydrogens is 496 g/mol. The summed E-state index contributed by atoms with van der Waals surface area (Å²) in [7, 11) is 0. The molecule has 0 spiro atoms. The Morgan fingerprint density at radius 1 is 1.12 bits per heavy atom. The molecule has 2 N–H and O–H groups in total. The minimum Gasteiger partial charge on any atom is -0.350 e. The van der Waals surface area contributed by atoms with Crippen molar-refractivity contribution in [3.63, 3.8) is 0 Å². The third kappa shape index (κ3) is 6.24.